The second kappa shape index (κ2) is 7.77. The molecule has 0 atom stereocenters. The number of nitrogens with zero attached hydrogens (tertiary/aromatic N) is 3. The molecule has 0 saturated carbocycles. The Morgan fingerprint density at radius 3 is 2.50 bits per heavy atom. The summed E-state index contributed by atoms with van der Waals surface area (Å²) in [6.45, 7) is 4.93. The maximum Gasteiger partial charge on any atom is 0.271 e. The number of carbonyl (C=O) groups excluding carboxylic acids is 1. The quantitative estimate of drug-likeness (QED) is 0.854. The van der Waals surface area contributed by atoms with E-state index in [4.69, 9.17) is 0 Å². The Labute approximate surface area is 142 Å². The highest BCUT2D eigenvalue weighted by atomic mass is 16.1. The molecule has 126 valence electrons. The van der Waals surface area contributed by atoms with Gasteiger partial charge in [-0.3, -0.25) is 4.79 Å². The zero-order chi connectivity index (χ0) is 16.8. The zero-order valence-corrected chi connectivity index (χ0v) is 14.0. The van der Waals surface area contributed by atoms with E-state index in [0.717, 1.165) is 25.2 Å². The van der Waals surface area contributed by atoms with Crippen LogP contribution in [0.25, 0.3) is 0 Å². The minimum absolute atomic E-state index is 0.189. The standard InChI is InChI=1S/C18H23N5O/c1-2-9-19-18(24)16-12-21-17(13-20-16)22-14-5-7-15(8-6-14)23-10-3-4-11-23/h5-8,12-13H,2-4,9-11H2,1H3,(H,19,24)(H,21,22). The van der Waals surface area contributed by atoms with Gasteiger partial charge in [-0.15, -0.1) is 0 Å². The molecule has 0 unspecified atom stereocenters. The fourth-order valence-corrected chi connectivity index (χ4v) is 2.72. The first-order chi connectivity index (χ1) is 11.8. The van der Waals surface area contributed by atoms with Crippen molar-refractivity contribution in [2.75, 3.05) is 29.9 Å². The Bertz CT molecular complexity index is 663. The maximum absolute atomic E-state index is 11.8. The van der Waals surface area contributed by atoms with Crippen molar-refractivity contribution in [3.63, 3.8) is 0 Å². The number of anilines is 3. The van der Waals surface area contributed by atoms with Crippen molar-refractivity contribution in [3.8, 4) is 0 Å². The summed E-state index contributed by atoms with van der Waals surface area (Å²) in [5.41, 5.74) is 2.54. The van der Waals surface area contributed by atoms with Gasteiger partial charge in [0.2, 0.25) is 0 Å². The van der Waals surface area contributed by atoms with Crippen molar-refractivity contribution in [2.24, 2.45) is 0 Å². The molecule has 1 aromatic heterocycles. The summed E-state index contributed by atoms with van der Waals surface area (Å²) in [5, 5.41) is 5.99. The van der Waals surface area contributed by atoms with Crippen molar-refractivity contribution in [2.45, 2.75) is 26.2 Å². The molecule has 6 heteroatoms. The van der Waals surface area contributed by atoms with Crippen LogP contribution in [0.4, 0.5) is 17.2 Å². The third kappa shape index (κ3) is 4.01. The van der Waals surface area contributed by atoms with E-state index < -0.39 is 0 Å². The first-order valence-corrected chi connectivity index (χ1v) is 8.48. The van der Waals surface area contributed by atoms with Crippen molar-refractivity contribution < 1.29 is 4.79 Å². The molecule has 1 aliphatic rings. The largest absolute Gasteiger partial charge is 0.372 e. The molecule has 6 nitrogen and oxygen atoms in total. The van der Waals surface area contributed by atoms with Crippen LogP contribution in [-0.2, 0) is 0 Å². The number of aromatic nitrogens is 2. The van der Waals surface area contributed by atoms with Crippen LogP contribution in [0, 0.1) is 0 Å². The number of amides is 1. The summed E-state index contributed by atoms with van der Waals surface area (Å²) < 4.78 is 0. The van der Waals surface area contributed by atoms with Gasteiger partial charge in [0, 0.05) is 31.0 Å². The van der Waals surface area contributed by atoms with E-state index in [9.17, 15) is 4.79 Å². The lowest BCUT2D eigenvalue weighted by molar-refractivity contribution is 0.0948. The molecule has 1 fully saturated rings. The number of rotatable bonds is 6. The van der Waals surface area contributed by atoms with Gasteiger partial charge in [0.1, 0.15) is 11.5 Å². The van der Waals surface area contributed by atoms with E-state index in [1.807, 2.05) is 19.1 Å². The SMILES string of the molecule is CCCNC(=O)c1cnc(Nc2ccc(N3CCCC3)cc2)cn1. The van der Waals surface area contributed by atoms with Crippen molar-refractivity contribution in [1.82, 2.24) is 15.3 Å². The Balaban J connectivity index is 1.60. The predicted octanol–water partition coefficient (Wildman–Crippen LogP) is 2.96. The Hall–Kier alpha value is -2.63. The number of carbonyl (C=O) groups is 1. The fourth-order valence-electron chi connectivity index (χ4n) is 2.72. The first kappa shape index (κ1) is 16.2. The van der Waals surface area contributed by atoms with Crippen LogP contribution in [0.3, 0.4) is 0 Å². The van der Waals surface area contributed by atoms with E-state index in [1.165, 1.54) is 24.7 Å². The highest BCUT2D eigenvalue weighted by Gasteiger charge is 2.12. The Morgan fingerprint density at radius 2 is 1.88 bits per heavy atom. The third-order valence-corrected chi connectivity index (χ3v) is 4.03. The summed E-state index contributed by atoms with van der Waals surface area (Å²) in [5.74, 6) is 0.432. The molecule has 2 aromatic rings. The lowest BCUT2D eigenvalue weighted by Gasteiger charge is -2.17. The minimum Gasteiger partial charge on any atom is -0.372 e. The van der Waals surface area contributed by atoms with Crippen molar-refractivity contribution in [1.29, 1.82) is 0 Å². The topological polar surface area (TPSA) is 70.2 Å². The monoisotopic (exact) mass is 325 g/mol. The molecular weight excluding hydrogens is 302 g/mol. The average molecular weight is 325 g/mol. The van der Waals surface area contributed by atoms with Gasteiger partial charge in [0.05, 0.1) is 12.4 Å². The number of hydrogen-bond acceptors (Lipinski definition) is 5. The van der Waals surface area contributed by atoms with Crippen LogP contribution in [0.15, 0.2) is 36.7 Å². The van der Waals surface area contributed by atoms with Crippen LogP contribution in [-0.4, -0.2) is 35.5 Å². The molecular formula is C18H23N5O. The van der Waals surface area contributed by atoms with Crippen LogP contribution in [0.2, 0.25) is 0 Å². The van der Waals surface area contributed by atoms with Gasteiger partial charge in [-0.25, -0.2) is 9.97 Å². The van der Waals surface area contributed by atoms with Gasteiger partial charge in [0.15, 0.2) is 0 Å². The van der Waals surface area contributed by atoms with Crippen molar-refractivity contribution >= 4 is 23.1 Å². The van der Waals surface area contributed by atoms with Crippen LogP contribution in [0.1, 0.15) is 36.7 Å². The molecule has 0 bridgehead atoms. The van der Waals surface area contributed by atoms with Gasteiger partial charge < -0.3 is 15.5 Å². The molecule has 1 aliphatic heterocycles. The second-order valence-electron chi connectivity index (χ2n) is 5.91. The smallest absolute Gasteiger partial charge is 0.271 e. The lowest BCUT2D eigenvalue weighted by Crippen LogP contribution is -2.25. The molecule has 0 radical (unpaired) electrons. The molecule has 0 aliphatic carbocycles. The third-order valence-electron chi connectivity index (χ3n) is 4.03. The summed E-state index contributed by atoms with van der Waals surface area (Å²) in [6.07, 6.45) is 6.51. The summed E-state index contributed by atoms with van der Waals surface area (Å²) in [4.78, 5) is 22.6. The van der Waals surface area contributed by atoms with Gasteiger partial charge in [-0.1, -0.05) is 6.92 Å². The molecule has 1 amide bonds. The van der Waals surface area contributed by atoms with Gasteiger partial charge in [-0.05, 0) is 43.5 Å². The molecule has 3 rings (SSSR count). The Morgan fingerprint density at radius 1 is 1.12 bits per heavy atom. The zero-order valence-electron chi connectivity index (χ0n) is 14.0. The van der Waals surface area contributed by atoms with E-state index in [-0.39, 0.29) is 5.91 Å². The van der Waals surface area contributed by atoms with Crippen LogP contribution in [0.5, 0.6) is 0 Å². The van der Waals surface area contributed by atoms with Crippen LogP contribution < -0.4 is 15.5 Å². The molecule has 2 N–H and O–H groups in total. The maximum atomic E-state index is 11.8. The van der Waals surface area contributed by atoms with Gasteiger partial charge in [0.25, 0.3) is 5.91 Å². The molecule has 0 spiro atoms. The minimum atomic E-state index is -0.189. The second-order valence-corrected chi connectivity index (χ2v) is 5.91. The van der Waals surface area contributed by atoms with Crippen LogP contribution >= 0.6 is 0 Å². The van der Waals surface area contributed by atoms with E-state index >= 15 is 0 Å². The van der Waals surface area contributed by atoms with Gasteiger partial charge >= 0.3 is 0 Å². The molecule has 1 saturated heterocycles. The summed E-state index contributed by atoms with van der Waals surface area (Å²) in [6, 6.07) is 8.32. The average Bonchev–Trinajstić information content (AvgIpc) is 3.15. The summed E-state index contributed by atoms with van der Waals surface area (Å²) in [7, 11) is 0. The van der Waals surface area contributed by atoms with E-state index in [1.54, 1.807) is 6.20 Å². The van der Waals surface area contributed by atoms with Gasteiger partial charge in [-0.2, -0.15) is 0 Å². The lowest BCUT2D eigenvalue weighted by atomic mass is 10.2. The molecule has 2 heterocycles. The Kier molecular flexibility index (Phi) is 5.25. The highest BCUT2D eigenvalue weighted by Crippen LogP contribution is 2.23. The normalized spacial score (nSPS) is 13.8. The number of benzene rings is 1. The van der Waals surface area contributed by atoms with E-state index in [2.05, 4.69) is 37.6 Å². The van der Waals surface area contributed by atoms with E-state index in [0.29, 0.717) is 18.1 Å². The summed E-state index contributed by atoms with van der Waals surface area (Å²) >= 11 is 0. The predicted molar refractivity (Wildman–Crippen MR) is 95.8 cm³/mol. The highest BCUT2D eigenvalue weighted by molar-refractivity contribution is 5.92. The van der Waals surface area contributed by atoms with Crippen molar-refractivity contribution in [3.05, 3.63) is 42.4 Å². The molecule has 24 heavy (non-hydrogen) atoms. The number of nitrogens with one attached hydrogen (secondary N) is 2. The molecule has 1 aromatic carbocycles. The fraction of sp³-hybridized carbons (Fsp3) is 0.389. The number of hydrogen-bond donors (Lipinski definition) is 2. The first-order valence-electron chi connectivity index (χ1n) is 8.48.